The Morgan fingerprint density at radius 2 is 2.06 bits per heavy atom. The largest absolute Gasteiger partial charge is 0.297 e. The Labute approximate surface area is 112 Å². The van der Waals surface area contributed by atoms with E-state index in [1.54, 1.807) is 0 Å². The van der Waals surface area contributed by atoms with Crippen molar-refractivity contribution in [1.29, 1.82) is 5.26 Å². The van der Waals surface area contributed by atoms with Gasteiger partial charge >= 0.3 is 0 Å². The van der Waals surface area contributed by atoms with E-state index in [-0.39, 0.29) is 0 Å². The molecule has 2 rings (SSSR count). The van der Waals surface area contributed by atoms with Gasteiger partial charge in [0.1, 0.15) is 5.54 Å². The zero-order valence-corrected chi connectivity index (χ0v) is 12.1. The first-order valence-corrected chi connectivity index (χ1v) is 7.47. The molecule has 1 saturated carbocycles. The van der Waals surface area contributed by atoms with Crippen LogP contribution in [0.15, 0.2) is 0 Å². The Balaban J connectivity index is 1.98. The Morgan fingerprint density at radius 3 is 2.72 bits per heavy atom. The van der Waals surface area contributed by atoms with Gasteiger partial charge in [-0.25, -0.2) is 0 Å². The second-order valence-corrected chi connectivity index (χ2v) is 6.61. The first-order valence-electron chi connectivity index (χ1n) is 7.47. The highest BCUT2D eigenvalue weighted by Crippen LogP contribution is 2.36. The zero-order valence-electron chi connectivity index (χ0n) is 12.1. The van der Waals surface area contributed by atoms with Crippen molar-refractivity contribution in [2.24, 2.45) is 5.92 Å². The van der Waals surface area contributed by atoms with Gasteiger partial charge in [0, 0.05) is 18.6 Å². The van der Waals surface area contributed by atoms with Gasteiger partial charge in [-0.15, -0.1) is 0 Å². The molecule has 1 saturated heterocycles. The molecule has 0 aromatic carbocycles. The number of nitrogens with one attached hydrogen (secondary N) is 1. The van der Waals surface area contributed by atoms with Crippen molar-refractivity contribution in [2.45, 2.75) is 70.5 Å². The van der Waals surface area contributed by atoms with Crippen LogP contribution in [0, 0.1) is 17.2 Å². The van der Waals surface area contributed by atoms with Crippen LogP contribution in [-0.4, -0.2) is 35.6 Å². The van der Waals surface area contributed by atoms with Gasteiger partial charge in [0.2, 0.25) is 0 Å². The predicted molar refractivity (Wildman–Crippen MR) is 74.2 cm³/mol. The molecule has 3 atom stereocenters. The fraction of sp³-hybridized carbons (Fsp3) is 0.933. The Bertz CT molecular complexity index is 320. The molecule has 0 aromatic rings. The molecule has 1 aliphatic heterocycles. The Kier molecular flexibility index (Phi) is 4.29. The van der Waals surface area contributed by atoms with Crippen LogP contribution in [-0.2, 0) is 0 Å². The number of likely N-dealkylation sites (tertiary alicyclic amines) is 1. The second-order valence-electron chi connectivity index (χ2n) is 6.61. The first kappa shape index (κ1) is 13.8. The molecule has 3 heteroatoms. The average molecular weight is 249 g/mol. The van der Waals surface area contributed by atoms with Crippen LogP contribution in [0.5, 0.6) is 0 Å². The molecule has 18 heavy (non-hydrogen) atoms. The molecule has 0 spiro atoms. The van der Waals surface area contributed by atoms with Crippen LogP contribution >= 0.6 is 0 Å². The predicted octanol–water partition coefficient (Wildman–Crippen LogP) is 2.53. The lowest BCUT2D eigenvalue weighted by molar-refractivity contribution is 0.152. The van der Waals surface area contributed by atoms with Crippen LogP contribution in [0.4, 0.5) is 0 Å². The molecule has 0 radical (unpaired) electrons. The fourth-order valence-electron chi connectivity index (χ4n) is 3.86. The summed E-state index contributed by atoms with van der Waals surface area (Å²) in [5.74, 6) is 0.903. The summed E-state index contributed by atoms with van der Waals surface area (Å²) in [5, 5.41) is 12.9. The van der Waals surface area contributed by atoms with Crippen LogP contribution in [0.1, 0.15) is 52.9 Å². The highest BCUT2D eigenvalue weighted by molar-refractivity contribution is 5.08. The summed E-state index contributed by atoms with van der Waals surface area (Å²) in [4.78, 5) is 2.57. The first-order chi connectivity index (χ1) is 8.54. The van der Waals surface area contributed by atoms with Gasteiger partial charge in [0.05, 0.1) is 6.07 Å². The van der Waals surface area contributed by atoms with Crippen molar-refractivity contribution in [3.63, 3.8) is 0 Å². The van der Waals surface area contributed by atoms with E-state index >= 15 is 0 Å². The van der Waals surface area contributed by atoms with Crippen molar-refractivity contribution in [3.8, 4) is 6.07 Å². The van der Waals surface area contributed by atoms with Gasteiger partial charge in [0.25, 0.3) is 0 Å². The third kappa shape index (κ3) is 3.05. The molecule has 1 N–H and O–H groups in total. The molecule has 1 heterocycles. The minimum Gasteiger partial charge on any atom is -0.297 e. The molecule has 0 amide bonds. The van der Waals surface area contributed by atoms with Crippen LogP contribution in [0.25, 0.3) is 0 Å². The Morgan fingerprint density at radius 1 is 1.33 bits per heavy atom. The van der Waals surface area contributed by atoms with E-state index in [1.807, 2.05) is 6.92 Å². The molecule has 0 aromatic heterocycles. The van der Waals surface area contributed by atoms with E-state index in [0.717, 1.165) is 18.5 Å². The summed E-state index contributed by atoms with van der Waals surface area (Å²) in [6.07, 6.45) is 6.87. The van der Waals surface area contributed by atoms with Crippen molar-refractivity contribution < 1.29 is 0 Å². The van der Waals surface area contributed by atoms with E-state index < -0.39 is 5.54 Å². The van der Waals surface area contributed by atoms with Crippen molar-refractivity contribution in [1.82, 2.24) is 10.2 Å². The zero-order chi connectivity index (χ0) is 13.2. The number of nitriles is 1. The van der Waals surface area contributed by atoms with E-state index in [9.17, 15) is 5.26 Å². The lowest BCUT2D eigenvalue weighted by Crippen LogP contribution is -2.54. The number of fused-ring (bicyclic) bond motifs is 1. The molecular formula is C15H27N3. The minimum absolute atomic E-state index is 0.361. The molecule has 0 bridgehead atoms. The maximum absolute atomic E-state index is 9.45. The summed E-state index contributed by atoms with van der Waals surface area (Å²) < 4.78 is 0. The minimum atomic E-state index is -0.402. The lowest BCUT2D eigenvalue weighted by atomic mass is 9.85. The topological polar surface area (TPSA) is 39.1 Å². The van der Waals surface area contributed by atoms with Gasteiger partial charge in [0.15, 0.2) is 0 Å². The summed E-state index contributed by atoms with van der Waals surface area (Å²) >= 11 is 0. The number of hydrogen-bond donors (Lipinski definition) is 1. The van der Waals surface area contributed by atoms with Gasteiger partial charge in [-0.3, -0.25) is 10.2 Å². The smallest absolute Gasteiger partial charge is 0.116 e. The van der Waals surface area contributed by atoms with Crippen LogP contribution < -0.4 is 5.32 Å². The van der Waals surface area contributed by atoms with Gasteiger partial charge in [-0.1, -0.05) is 12.8 Å². The number of nitrogens with zero attached hydrogens (tertiary/aromatic N) is 2. The maximum atomic E-state index is 9.45. The third-order valence-corrected chi connectivity index (χ3v) is 4.50. The lowest BCUT2D eigenvalue weighted by Gasteiger charge is -2.36. The molecule has 2 aliphatic rings. The molecule has 3 unspecified atom stereocenters. The normalized spacial score (nSPS) is 31.9. The quantitative estimate of drug-likeness (QED) is 0.832. The average Bonchev–Trinajstić information content (AvgIpc) is 2.72. The number of hydrogen-bond acceptors (Lipinski definition) is 3. The highest BCUT2D eigenvalue weighted by Gasteiger charge is 2.39. The van der Waals surface area contributed by atoms with Gasteiger partial charge in [-0.05, 0) is 52.5 Å². The van der Waals surface area contributed by atoms with Crippen LogP contribution in [0.3, 0.4) is 0 Å². The Hall–Kier alpha value is -0.590. The fourth-order valence-corrected chi connectivity index (χ4v) is 3.86. The monoisotopic (exact) mass is 249 g/mol. The standard InChI is InChI=1S/C15H27N3/c1-12(2)17-15(3,10-16)11-18-9-8-13-6-4-5-7-14(13)18/h12-14,17H,4-9,11H2,1-3H3. The van der Waals surface area contributed by atoms with E-state index in [1.165, 1.54) is 38.6 Å². The summed E-state index contributed by atoms with van der Waals surface area (Å²) in [6, 6.07) is 3.59. The third-order valence-electron chi connectivity index (χ3n) is 4.50. The van der Waals surface area contributed by atoms with Crippen LogP contribution in [0.2, 0.25) is 0 Å². The molecular weight excluding hydrogens is 222 g/mol. The van der Waals surface area contributed by atoms with Gasteiger partial charge < -0.3 is 0 Å². The molecule has 2 fully saturated rings. The molecule has 102 valence electrons. The van der Waals surface area contributed by atoms with E-state index in [2.05, 4.69) is 30.1 Å². The van der Waals surface area contributed by atoms with Gasteiger partial charge in [-0.2, -0.15) is 5.26 Å². The van der Waals surface area contributed by atoms with E-state index in [0.29, 0.717) is 6.04 Å². The SMILES string of the molecule is CC(C)NC(C)(C#N)CN1CCC2CCCCC21. The summed E-state index contributed by atoms with van der Waals surface area (Å²) in [5.41, 5.74) is -0.402. The highest BCUT2D eigenvalue weighted by atomic mass is 15.2. The molecule has 3 nitrogen and oxygen atoms in total. The van der Waals surface area contributed by atoms with E-state index in [4.69, 9.17) is 0 Å². The van der Waals surface area contributed by atoms with Crippen molar-refractivity contribution in [2.75, 3.05) is 13.1 Å². The van der Waals surface area contributed by atoms with Crippen molar-refractivity contribution >= 4 is 0 Å². The summed E-state index contributed by atoms with van der Waals surface area (Å²) in [7, 11) is 0. The maximum Gasteiger partial charge on any atom is 0.116 e. The molecule has 1 aliphatic carbocycles. The summed E-state index contributed by atoms with van der Waals surface area (Å²) in [6.45, 7) is 8.34. The second kappa shape index (κ2) is 5.59. The number of rotatable bonds is 4. The van der Waals surface area contributed by atoms with Crippen molar-refractivity contribution in [3.05, 3.63) is 0 Å².